The van der Waals surface area contributed by atoms with Crippen molar-refractivity contribution in [2.24, 2.45) is 4.99 Å². The average molecular weight is 471 g/mol. The van der Waals surface area contributed by atoms with Crippen molar-refractivity contribution in [3.8, 4) is 0 Å². The Balaban J connectivity index is 0.00000225. The zero-order valence-corrected chi connectivity index (χ0v) is 18.2. The Morgan fingerprint density at radius 2 is 2.00 bits per heavy atom. The first-order valence-electron chi connectivity index (χ1n) is 8.34. The van der Waals surface area contributed by atoms with Crippen molar-refractivity contribution >= 4 is 47.0 Å². The van der Waals surface area contributed by atoms with Gasteiger partial charge in [0, 0.05) is 50.0 Å². The van der Waals surface area contributed by atoms with Crippen LogP contribution in [-0.4, -0.2) is 49.1 Å². The molecule has 1 aliphatic heterocycles. The van der Waals surface area contributed by atoms with Gasteiger partial charge in [0.1, 0.15) is 5.01 Å². The number of nitrogens with zero attached hydrogens (tertiary/aromatic N) is 4. The van der Waals surface area contributed by atoms with E-state index in [1.807, 2.05) is 13.2 Å². The molecule has 1 aliphatic rings. The van der Waals surface area contributed by atoms with Gasteiger partial charge in [0.2, 0.25) is 0 Å². The Morgan fingerprint density at radius 3 is 2.60 bits per heavy atom. The minimum atomic E-state index is 0. The Kier molecular flexibility index (Phi) is 7.49. The lowest BCUT2D eigenvalue weighted by Crippen LogP contribution is -2.52. The second kappa shape index (κ2) is 9.38. The molecule has 5 nitrogen and oxygen atoms in total. The molecule has 0 spiro atoms. The Morgan fingerprint density at radius 1 is 1.24 bits per heavy atom. The molecular weight excluding hydrogens is 445 g/mol. The molecule has 7 heteroatoms. The summed E-state index contributed by atoms with van der Waals surface area (Å²) >= 11 is 1.73. The van der Waals surface area contributed by atoms with E-state index in [4.69, 9.17) is 0 Å². The summed E-state index contributed by atoms with van der Waals surface area (Å²) in [6, 6.07) is 8.73. The van der Waals surface area contributed by atoms with Gasteiger partial charge in [-0.3, -0.25) is 4.99 Å². The third-order valence-corrected chi connectivity index (χ3v) is 5.14. The fourth-order valence-electron chi connectivity index (χ4n) is 2.97. The maximum Gasteiger partial charge on any atom is 0.194 e. The van der Waals surface area contributed by atoms with E-state index in [2.05, 4.69) is 63.2 Å². The van der Waals surface area contributed by atoms with E-state index in [-0.39, 0.29) is 24.0 Å². The second-order valence-corrected chi connectivity index (χ2v) is 7.40. The van der Waals surface area contributed by atoms with Crippen LogP contribution in [0.25, 0.3) is 0 Å². The molecule has 0 bridgehead atoms. The van der Waals surface area contributed by atoms with Crippen molar-refractivity contribution in [3.63, 3.8) is 0 Å². The highest BCUT2D eigenvalue weighted by molar-refractivity contribution is 14.0. The van der Waals surface area contributed by atoms with Gasteiger partial charge in [-0.1, -0.05) is 12.1 Å². The molecular formula is C18H26IN5S. The van der Waals surface area contributed by atoms with Gasteiger partial charge in [-0.05, 0) is 31.5 Å². The summed E-state index contributed by atoms with van der Waals surface area (Å²) in [6.45, 7) is 8.95. The number of anilines is 1. The molecule has 0 unspecified atom stereocenters. The highest BCUT2D eigenvalue weighted by Gasteiger charge is 2.20. The first-order valence-corrected chi connectivity index (χ1v) is 9.16. The number of hydrogen-bond donors (Lipinski definition) is 1. The van der Waals surface area contributed by atoms with Gasteiger partial charge in [0.15, 0.2) is 5.96 Å². The minimum absolute atomic E-state index is 0. The summed E-state index contributed by atoms with van der Waals surface area (Å²) in [4.78, 5) is 14.9. The molecule has 136 valence electrons. The quantitative estimate of drug-likeness (QED) is 0.424. The Hall–Kier alpha value is -1.35. The highest BCUT2D eigenvalue weighted by Crippen LogP contribution is 2.18. The number of rotatable bonds is 3. The van der Waals surface area contributed by atoms with Crippen molar-refractivity contribution < 1.29 is 0 Å². The summed E-state index contributed by atoms with van der Waals surface area (Å²) in [6.07, 6.45) is 1.92. The fraction of sp³-hybridized carbons (Fsp3) is 0.444. The Labute approximate surface area is 171 Å². The van der Waals surface area contributed by atoms with Crippen molar-refractivity contribution in [1.29, 1.82) is 0 Å². The molecule has 0 radical (unpaired) electrons. The second-order valence-electron chi connectivity index (χ2n) is 6.08. The number of aromatic nitrogens is 1. The normalized spacial score (nSPS) is 15.1. The van der Waals surface area contributed by atoms with Crippen molar-refractivity contribution in [2.75, 3.05) is 38.1 Å². The summed E-state index contributed by atoms with van der Waals surface area (Å²) in [7, 11) is 1.85. The van der Waals surface area contributed by atoms with Crippen molar-refractivity contribution in [1.82, 2.24) is 15.2 Å². The van der Waals surface area contributed by atoms with E-state index < -0.39 is 0 Å². The van der Waals surface area contributed by atoms with Crippen molar-refractivity contribution in [3.05, 3.63) is 45.9 Å². The molecule has 0 aliphatic carbocycles. The van der Waals surface area contributed by atoms with E-state index in [1.54, 1.807) is 11.3 Å². The first-order chi connectivity index (χ1) is 11.7. The van der Waals surface area contributed by atoms with Crippen LogP contribution in [0.4, 0.5) is 5.69 Å². The molecule has 3 rings (SSSR count). The zero-order valence-electron chi connectivity index (χ0n) is 15.0. The maximum atomic E-state index is 4.44. The number of hydrogen-bond acceptors (Lipinski definition) is 4. The summed E-state index contributed by atoms with van der Waals surface area (Å²) in [5.41, 5.74) is 2.63. The van der Waals surface area contributed by atoms with Crippen LogP contribution < -0.4 is 10.2 Å². The van der Waals surface area contributed by atoms with E-state index in [9.17, 15) is 0 Å². The molecule has 1 aromatic heterocycles. The average Bonchev–Trinajstić information content (AvgIpc) is 3.01. The molecule has 1 aromatic carbocycles. The van der Waals surface area contributed by atoms with Crippen LogP contribution >= 0.6 is 35.3 Å². The number of guanidine groups is 1. The van der Waals surface area contributed by atoms with Gasteiger partial charge < -0.3 is 15.1 Å². The number of benzene rings is 1. The smallest absolute Gasteiger partial charge is 0.194 e. The SMILES string of the molecule is CN=C(NCc1ncc(C)s1)N1CCN(c2cccc(C)c2)CC1.I. The number of aryl methyl sites for hydroxylation is 2. The monoisotopic (exact) mass is 471 g/mol. The fourth-order valence-corrected chi connectivity index (χ4v) is 3.70. The molecule has 0 atom stereocenters. The first kappa shape index (κ1) is 20.0. The zero-order chi connectivity index (χ0) is 16.9. The van der Waals surface area contributed by atoms with Crippen LogP contribution in [0.5, 0.6) is 0 Å². The predicted molar refractivity (Wildman–Crippen MR) is 117 cm³/mol. The van der Waals surface area contributed by atoms with Crippen LogP contribution in [0, 0.1) is 13.8 Å². The summed E-state index contributed by atoms with van der Waals surface area (Å²) < 4.78 is 0. The van der Waals surface area contributed by atoms with Gasteiger partial charge in [-0.2, -0.15) is 0 Å². The van der Waals surface area contributed by atoms with Crippen LogP contribution in [0.1, 0.15) is 15.4 Å². The predicted octanol–water partition coefficient (Wildman–Crippen LogP) is 3.28. The van der Waals surface area contributed by atoms with Gasteiger partial charge in [-0.25, -0.2) is 4.98 Å². The van der Waals surface area contributed by atoms with E-state index in [1.165, 1.54) is 16.1 Å². The largest absolute Gasteiger partial charge is 0.368 e. The van der Waals surface area contributed by atoms with Crippen molar-refractivity contribution in [2.45, 2.75) is 20.4 Å². The van der Waals surface area contributed by atoms with E-state index in [0.717, 1.165) is 43.7 Å². The topological polar surface area (TPSA) is 43.8 Å². The molecule has 1 saturated heterocycles. The van der Waals surface area contributed by atoms with Crippen LogP contribution in [0.3, 0.4) is 0 Å². The van der Waals surface area contributed by atoms with E-state index in [0.29, 0.717) is 0 Å². The highest BCUT2D eigenvalue weighted by atomic mass is 127. The number of thiazole rings is 1. The van der Waals surface area contributed by atoms with Gasteiger partial charge >= 0.3 is 0 Å². The molecule has 2 heterocycles. The number of piperazine rings is 1. The third-order valence-electron chi connectivity index (χ3n) is 4.22. The van der Waals surface area contributed by atoms with Gasteiger partial charge in [0.25, 0.3) is 0 Å². The molecule has 1 N–H and O–H groups in total. The Bertz CT molecular complexity index is 707. The number of halogens is 1. The molecule has 2 aromatic rings. The number of nitrogens with one attached hydrogen (secondary N) is 1. The lowest BCUT2D eigenvalue weighted by Gasteiger charge is -2.37. The lowest BCUT2D eigenvalue weighted by molar-refractivity contribution is 0.372. The molecule has 1 fully saturated rings. The summed E-state index contributed by atoms with van der Waals surface area (Å²) in [5.74, 6) is 0.965. The van der Waals surface area contributed by atoms with Crippen LogP contribution in [-0.2, 0) is 6.54 Å². The van der Waals surface area contributed by atoms with Gasteiger partial charge in [-0.15, -0.1) is 35.3 Å². The lowest BCUT2D eigenvalue weighted by atomic mass is 10.2. The minimum Gasteiger partial charge on any atom is -0.368 e. The third kappa shape index (κ3) is 5.31. The van der Waals surface area contributed by atoms with Crippen LogP contribution in [0.15, 0.2) is 35.5 Å². The molecule has 0 amide bonds. The standard InChI is InChI=1S/C18H25N5S.HI/c1-14-5-4-6-16(11-14)22-7-9-23(10-8-22)18(19-3)21-13-17-20-12-15(2)24-17;/h4-6,11-12H,7-10,13H2,1-3H3,(H,19,21);1H. The van der Waals surface area contributed by atoms with Gasteiger partial charge in [0.05, 0.1) is 6.54 Å². The molecule has 0 saturated carbocycles. The molecule has 25 heavy (non-hydrogen) atoms. The number of aliphatic imine (C=N–C) groups is 1. The van der Waals surface area contributed by atoms with Crippen LogP contribution in [0.2, 0.25) is 0 Å². The summed E-state index contributed by atoms with van der Waals surface area (Å²) in [5, 5.41) is 4.54. The van der Waals surface area contributed by atoms with E-state index >= 15 is 0 Å². The maximum absolute atomic E-state index is 4.44.